The van der Waals surface area contributed by atoms with Crippen LogP contribution < -0.4 is 10.2 Å². The molecule has 1 aliphatic heterocycles. The van der Waals surface area contributed by atoms with Gasteiger partial charge in [0.2, 0.25) is 0 Å². The summed E-state index contributed by atoms with van der Waals surface area (Å²) in [6.07, 6.45) is 7.12. The van der Waals surface area contributed by atoms with E-state index in [1.54, 1.807) is 23.2 Å². The number of urea groups is 1. The molecule has 2 heterocycles. The quantitative estimate of drug-likeness (QED) is 0.550. The van der Waals surface area contributed by atoms with Crippen LogP contribution >= 0.6 is 23.1 Å². The number of carboxylic acids is 1. The van der Waals surface area contributed by atoms with Crippen LogP contribution in [-0.4, -0.2) is 58.3 Å². The van der Waals surface area contributed by atoms with Gasteiger partial charge in [-0.25, -0.2) is 9.78 Å². The van der Waals surface area contributed by atoms with Crippen LogP contribution in [0.2, 0.25) is 0 Å². The number of anilines is 2. The second kappa shape index (κ2) is 10.4. The first-order valence-electron chi connectivity index (χ1n) is 10.8. The van der Waals surface area contributed by atoms with Crippen LogP contribution in [0.4, 0.5) is 15.6 Å². The summed E-state index contributed by atoms with van der Waals surface area (Å²) in [4.78, 5) is 44.4. The molecule has 2 fully saturated rings. The van der Waals surface area contributed by atoms with Crippen molar-refractivity contribution in [2.24, 2.45) is 5.92 Å². The molecule has 0 unspecified atom stereocenters. The third-order valence-corrected chi connectivity index (χ3v) is 7.84. The van der Waals surface area contributed by atoms with Gasteiger partial charge in [0.25, 0.3) is 5.91 Å². The maximum atomic E-state index is 13.2. The molecular formula is C22H26N4O4S2. The van der Waals surface area contributed by atoms with Gasteiger partial charge in [0.15, 0.2) is 5.13 Å². The fourth-order valence-corrected chi connectivity index (χ4v) is 5.52. The largest absolute Gasteiger partial charge is 0.481 e. The lowest BCUT2D eigenvalue weighted by atomic mass is 10.1. The number of amides is 3. The average molecular weight is 475 g/mol. The number of thioether (sulfide) groups is 1. The molecule has 1 aliphatic carbocycles. The molecular weight excluding hydrogens is 448 g/mol. The maximum absolute atomic E-state index is 13.2. The lowest BCUT2D eigenvalue weighted by Crippen LogP contribution is -2.42. The molecule has 0 radical (unpaired) electrons. The summed E-state index contributed by atoms with van der Waals surface area (Å²) in [6.45, 7) is 2.14. The second-order valence-corrected chi connectivity index (χ2v) is 10.4. The summed E-state index contributed by atoms with van der Waals surface area (Å²) in [7, 11) is 0. The van der Waals surface area contributed by atoms with E-state index in [0.29, 0.717) is 28.8 Å². The highest BCUT2D eigenvalue weighted by molar-refractivity contribution is 8.01. The van der Waals surface area contributed by atoms with E-state index in [0.717, 1.165) is 36.6 Å². The minimum absolute atomic E-state index is 0.000606. The Morgan fingerprint density at radius 1 is 1.22 bits per heavy atom. The molecule has 1 saturated heterocycles. The number of carboxylic acid groups (broad SMARTS) is 1. The Bertz CT molecular complexity index is 986. The monoisotopic (exact) mass is 474 g/mol. The van der Waals surface area contributed by atoms with Gasteiger partial charge in [0.1, 0.15) is 0 Å². The van der Waals surface area contributed by atoms with Crippen molar-refractivity contribution in [1.82, 2.24) is 9.88 Å². The Hall–Kier alpha value is -2.59. The van der Waals surface area contributed by atoms with E-state index in [4.69, 9.17) is 5.11 Å². The van der Waals surface area contributed by atoms with Gasteiger partial charge in [-0.15, -0.1) is 11.8 Å². The molecule has 2 aromatic rings. The highest BCUT2D eigenvalue weighted by Crippen LogP contribution is 2.31. The summed E-state index contributed by atoms with van der Waals surface area (Å²) in [5.74, 6) is -0.529. The van der Waals surface area contributed by atoms with Crippen LogP contribution in [0, 0.1) is 5.92 Å². The average Bonchev–Trinajstić information content (AvgIpc) is 3.41. The minimum atomic E-state index is -0.899. The SMILES string of the molecule is O=C(O)CSc1cnc(NC(=O)N(CC2CCCC2)c2cccc(C(=O)N3CCC3)c2)s1. The molecule has 2 aliphatic rings. The number of aliphatic carboxylic acids is 1. The van der Waals surface area contributed by atoms with Crippen molar-refractivity contribution in [2.75, 3.05) is 35.6 Å². The summed E-state index contributed by atoms with van der Waals surface area (Å²) in [5, 5.41) is 12.1. The number of aromatic nitrogens is 1. The molecule has 10 heteroatoms. The Labute approximate surface area is 195 Å². The van der Waals surface area contributed by atoms with Crippen LogP contribution in [0.25, 0.3) is 0 Å². The first-order chi connectivity index (χ1) is 15.5. The fourth-order valence-electron chi connectivity index (χ4n) is 3.94. The molecule has 2 N–H and O–H groups in total. The minimum Gasteiger partial charge on any atom is -0.481 e. The first kappa shape index (κ1) is 22.6. The summed E-state index contributed by atoms with van der Waals surface area (Å²) in [6, 6.07) is 6.97. The zero-order valence-corrected chi connectivity index (χ0v) is 19.3. The van der Waals surface area contributed by atoms with Gasteiger partial charge >= 0.3 is 12.0 Å². The number of carbonyl (C=O) groups excluding carboxylic acids is 2. The number of nitrogens with one attached hydrogen (secondary N) is 1. The lowest BCUT2D eigenvalue weighted by Gasteiger charge is -2.31. The van der Waals surface area contributed by atoms with Crippen LogP contribution in [-0.2, 0) is 4.79 Å². The van der Waals surface area contributed by atoms with Gasteiger partial charge in [-0.05, 0) is 43.4 Å². The number of hydrogen-bond acceptors (Lipinski definition) is 6. The molecule has 0 atom stereocenters. The van der Waals surface area contributed by atoms with Gasteiger partial charge in [-0.2, -0.15) is 0 Å². The molecule has 1 aromatic heterocycles. The van der Waals surface area contributed by atoms with Crippen LogP contribution in [0.15, 0.2) is 34.7 Å². The van der Waals surface area contributed by atoms with Crippen LogP contribution in [0.1, 0.15) is 42.5 Å². The van der Waals surface area contributed by atoms with Gasteiger partial charge in [-0.1, -0.05) is 30.2 Å². The van der Waals surface area contributed by atoms with Gasteiger partial charge in [0, 0.05) is 30.9 Å². The van der Waals surface area contributed by atoms with Crippen LogP contribution in [0.3, 0.4) is 0 Å². The van der Waals surface area contributed by atoms with Crippen molar-refractivity contribution in [3.05, 3.63) is 36.0 Å². The fraction of sp³-hybridized carbons (Fsp3) is 0.455. The molecule has 32 heavy (non-hydrogen) atoms. The zero-order valence-electron chi connectivity index (χ0n) is 17.7. The zero-order chi connectivity index (χ0) is 22.5. The summed E-state index contributed by atoms with van der Waals surface area (Å²) < 4.78 is 0.729. The third kappa shape index (κ3) is 5.60. The van der Waals surface area contributed by atoms with Crippen molar-refractivity contribution in [3.8, 4) is 0 Å². The van der Waals surface area contributed by atoms with Crippen molar-refractivity contribution in [1.29, 1.82) is 0 Å². The number of thiazole rings is 1. The van der Waals surface area contributed by atoms with E-state index in [-0.39, 0.29) is 17.7 Å². The Morgan fingerprint density at radius 2 is 2.00 bits per heavy atom. The Kier molecular flexibility index (Phi) is 7.31. The molecule has 8 nitrogen and oxygen atoms in total. The summed E-state index contributed by atoms with van der Waals surface area (Å²) in [5.41, 5.74) is 1.28. The van der Waals surface area contributed by atoms with Crippen molar-refractivity contribution < 1.29 is 19.5 Å². The number of rotatable bonds is 8. The predicted octanol–water partition coefficient (Wildman–Crippen LogP) is 4.39. The van der Waals surface area contributed by atoms with E-state index in [9.17, 15) is 14.4 Å². The van der Waals surface area contributed by atoms with Crippen LogP contribution in [0.5, 0.6) is 0 Å². The molecule has 170 valence electrons. The highest BCUT2D eigenvalue weighted by atomic mass is 32.2. The molecule has 3 amide bonds. The lowest BCUT2D eigenvalue weighted by molar-refractivity contribution is -0.133. The number of likely N-dealkylation sites (tertiary alicyclic amines) is 1. The molecule has 4 rings (SSSR count). The van der Waals surface area contributed by atoms with Crippen molar-refractivity contribution in [2.45, 2.75) is 36.3 Å². The Morgan fingerprint density at radius 3 is 2.69 bits per heavy atom. The number of hydrogen-bond donors (Lipinski definition) is 2. The molecule has 1 aromatic carbocycles. The Balaban J connectivity index is 1.50. The molecule has 0 bridgehead atoms. The van der Waals surface area contributed by atoms with Gasteiger partial charge in [-0.3, -0.25) is 19.8 Å². The van der Waals surface area contributed by atoms with Gasteiger partial charge in [0.05, 0.1) is 16.2 Å². The van der Waals surface area contributed by atoms with E-state index in [2.05, 4.69) is 10.3 Å². The standard InChI is InChI=1S/C22H26N4O4S2/c27-18(28)14-31-19-12-23-21(32-19)24-22(30)26(13-15-5-1-2-6-15)17-8-3-7-16(11-17)20(29)25-9-4-10-25/h3,7-8,11-12,15H,1-2,4-6,9-10,13-14H2,(H,27,28)(H,23,24,30). The van der Waals surface area contributed by atoms with E-state index in [1.165, 1.54) is 35.9 Å². The number of nitrogens with zero attached hydrogens (tertiary/aromatic N) is 3. The molecule has 1 saturated carbocycles. The van der Waals surface area contributed by atoms with E-state index in [1.807, 2.05) is 17.0 Å². The smallest absolute Gasteiger partial charge is 0.328 e. The number of benzene rings is 1. The van der Waals surface area contributed by atoms with Gasteiger partial charge < -0.3 is 10.0 Å². The van der Waals surface area contributed by atoms with Crippen molar-refractivity contribution >= 4 is 51.8 Å². The normalized spacial score (nSPS) is 15.9. The maximum Gasteiger partial charge on any atom is 0.328 e. The van der Waals surface area contributed by atoms with Crippen molar-refractivity contribution in [3.63, 3.8) is 0 Å². The van der Waals surface area contributed by atoms with E-state index < -0.39 is 5.97 Å². The first-order valence-corrected chi connectivity index (χ1v) is 12.6. The topological polar surface area (TPSA) is 103 Å². The molecule has 0 spiro atoms. The highest BCUT2D eigenvalue weighted by Gasteiger charge is 2.26. The second-order valence-electron chi connectivity index (χ2n) is 8.05. The number of carbonyl (C=O) groups is 3. The third-order valence-electron chi connectivity index (χ3n) is 5.74. The van der Waals surface area contributed by atoms with E-state index >= 15 is 0 Å². The predicted molar refractivity (Wildman–Crippen MR) is 126 cm³/mol. The summed E-state index contributed by atoms with van der Waals surface area (Å²) >= 11 is 2.42.